The van der Waals surface area contributed by atoms with E-state index in [4.69, 9.17) is 29.7 Å². The molecule has 0 bridgehead atoms. The van der Waals surface area contributed by atoms with Crippen molar-refractivity contribution in [3.8, 4) is 11.1 Å². The van der Waals surface area contributed by atoms with Crippen LogP contribution in [-0.2, 0) is 20.9 Å². The van der Waals surface area contributed by atoms with Crippen LogP contribution in [0.2, 0.25) is 0 Å². The van der Waals surface area contributed by atoms with Crippen molar-refractivity contribution >= 4 is 35.8 Å². The molecule has 0 atom stereocenters. The summed E-state index contributed by atoms with van der Waals surface area (Å²) in [5, 5.41) is 24.7. The minimum atomic E-state index is -1.82. The molecule has 0 radical (unpaired) electrons. The van der Waals surface area contributed by atoms with Crippen LogP contribution in [0, 0.1) is 0 Å². The molecule has 1 saturated heterocycles. The van der Waals surface area contributed by atoms with Gasteiger partial charge in [-0.1, -0.05) is 50.2 Å². The molecular formula is C32H48N4O9. The fourth-order valence-electron chi connectivity index (χ4n) is 4.52. The van der Waals surface area contributed by atoms with Crippen molar-refractivity contribution in [2.24, 2.45) is 0 Å². The second-order valence-corrected chi connectivity index (χ2v) is 9.32. The number of carboxylic acid groups (broad SMARTS) is 3. The maximum Gasteiger partial charge on any atom is 0.414 e. The third kappa shape index (κ3) is 14.0. The van der Waals surface area contributed by atoms with Crippen molar-refractivity contribution in [1.29, 1.82) is 0 Å². The number of piperidine rings is 1. The topological polar surface area (TPSA) is 223 Å². The van der Waals surface area contributed by atoms with Gasteiger partial charge in [0.25, 0.3) is 12.4 Å². The van der Waals surface area contributed by atoms with Crippen LogP contribution in [0.1, 0.15) is 57.9 Å². The number of benzene rings is 2. The monoisotopic (exact) mass is 632 g/mol. The zero-order chi connectivity index (χ0) is 30.9. The first-order valence-corrected chi connectivity index (χ1v) is 13.7. The molecule has 8 N–H and O–H groups in total. The van der Waals surface area contributed by atoms with Crippen LogP contribution >= 0.6 is 0 Å². The highest BCUT2D eigenvalue weighted by atomic mass is 16.4. The molecule has 13 heteroatoms. The van der Waals surface area contributed by atoms with Gasteiger partial charge < -0.3 is 36.5 Å². The van der Waals surface area contributed by atoms with E-state index in [1.807, 2.05) is 24.3 Å². The minimum absolute atomic E-state index is 0. The van der Waals surface area contributed by atoms with Crippen LogP contribution in [0.25, 0.3) is 11.1 Å². The first-order valence-electron chi connectivity index (χ1n) is 13.7. The fourth-order valence-corrected chi connectivity index (χ4v) is 4.52. The second kappa shape index (κ2) is 22.7. The van der Waals surface area contributed by atoms with E-state index >= 15 is 0 Å². The summed E-state index contributed by atoms with van der Waals surface area (Å²) >= 11 is 0. The Bertz CT molecular complexity index is 1290. The summed E-state index contributed by atoms with van der Waals surface area (Å²) in [6, 6.07) is 20.4. The van der Waals surface area contributed by atoms with Crippen LogP contribution in [0.15, 0.2) is 66.9 Å². The predicted octanol–water partition coefficient (Wildman–Crippen LogP) is 3.92. The number of amides is 1. The first-order chi connectivity index (χ1) is 20.2. The maximum atomic E-state index is 13.1. The number of pyridine rings is 1. The normalized spacial score (nSPS) is 11.6. The summed E-state index contributed by atoms with van der Waals surface area (Å²) in [5.74, 6) is -2.83. The predicted molar refractivity (Wildman–Crippen MR) is 177 cm³/mol. The largest absolute Gasteiger partial charge is 0.483 e. The highest BCUT2D eigenvalue weighted by Gasteiger charge is 2.16. The van der Waals surface area contributed by atoms with E-state index in [-0.39, 0.29) is 32.2 Å². The summed E-state index contributed by atoms with van der Waals surface area (Å²) in [5.41, 5.74) is 4.97. The zero-order valence-electron chi connectivity index (χ0n) is 24.9. The number of hydrogen-bond donors (Lipinski definition) is 4. The number of aliphatic carboxylic acids is 2. The van der Waals surface area contributed by atoms with E-state index in [1.54, 1.807) is 6.20 Å². The van der Waals surface area contributed by atoms with Gasteiger partial charge in [0.15, 0.2) is 0 Å². The van der Waals surface area contributed by atoms with E-state index in [9.17, 15) is 4.79 Å². The molecule has 1 fully saturated rings. The maximum absolute atomic E-state index is 13.1. The highest BCUT2D eigenvalue weighted by molar-refractivity contribution is 6.27. The van der Waals surface area contributed by atoms with Gasteiger partial charge in [0.2, 0.25) is 0 Å². The van der Waals surface area contributed by atoms with Gasteiger partial charge in [-0.05, 0) is 80.7 Å². The highest BCUT2D eigenvalue weighted by Crippen LogP contribution is 2.27. The molecule has 4 rings (SSSR count). The Morgan fingerprint density at radius 1 is 0.933 bits per heavy atom. The lowest BCUT2D eigenvalue weighted by Crippen LogP contribution is -2.29. The van der Waals surface area contributed by atoms with Crippen molar-refractivity contribution in [1.82, 2.24) is 9.88 Å². The van der Waals surface area contributed by atoms with Crippen molar-refractivity contribution in [2.45, 2.75) is 47.1 Å². The Balaban J connectivity index is -0.00000126. The number of aromatic nitrogens is 1. The molecule has 0 spiro atoms. The average Bonchev–Trinajstić information content (AvgIpc) is 3.00. The minimum Gasteiger partial charge on any atom is -0.483 e. The SMILES string of the molecule is C.CCN(CC)c1ccc(NC(=O)c2ccc(-c3ccccc3)c(CN3CCCCC3)c2)cn1.O.O.O=C(O)C(=O)O.O=CO.[HH]. The number of rotatable bonds is 8. The van der Waals surface area contributed by atoms with Gasteiger partial charge in [0.1, 0.15) is 5.82 Å². The number of anilines is 2. The summed E-state index contributed by atoms with van der Waals surface area (Å²) in [6.45, 7) is 8.89. The van der Waals surface area contributed by atoms with Crippen molar-refractivity contribution < 1.29 is 46.9 Å². The number of hydrogen-bond acceptors (Lipinski definition) is 7. The number of carbonyl (C=O) groups is 4. The van der Waals surface area contributed by atoms with Gasteiger partial charge in [-0.25, -0.2) is 14.6 Å². The lowest BCUT2D eigenvalue weighted by molar-refractivity contribution is -0.159. The Labute approximate surface area is 265 Å². The third-order valence-electron chi connectivity index (χ3n) is 6.57. The molecule has 1 amide bonds. The summed E-state index contributed by atoms with van der Waals surface area (Å²) in [7, 11) is 0. The van der Waals surface area contributed by atoms with Crippen molar-refractivity contribution in [2.75, 3.05) is 36.4 Å². The van der Waals surface area contributed by atoms with E-state index in [1.165, 1.54) is 36.0 Å². The van der Waals surface area contributed by atoms with Gasteiger partial charge in [-0.3, -0.25) is 14.5 Å². The summed E-state index contributed by atoms with van der Waals surface area (Å²) in [4.78, 5) is 48.8. The molecule has 1 aliphatic heterocycles. The average molecular weight is 633 g/mol. The number of nitrogens with one attached hydrogen (secondary N) is 1. The van der Waals surface area contributed by atoms with Crippen LogP contribution in [-0.4, -0.2) is 86.7 Å². The van der Waals surface area contributed by atoms with E-state index in [2.05, 4.69) is 70.3 Å². The Hall–Kier alpha value is -4.85. The molecule has 250 valence electrons. The van der Waals surface area contributed by atoms with E-state index in [0.29, 0.717) is 11.3 Å². The molecule has 3 aromatic rings. The second-order valence-electron chi connectivity index (χ2n) is 9.32. The molecular weight excluding hydrogens is 584 g/mol. The number of nitrogens with zero attached hydrogens (tertiary/aromatic N) is 3. The molecule has 0 aliphatic carbocycles. The smallest absolute Gasteiger partial charge is 0.414 e. The lowest BCUT2D eigenvalue weighted by Gasteiger charge is -2.27. The van der Waals surface area contributed by atoms with Crippen LogP contribution < -0.4 is 10.2 Å². The van der Waals surface area contributed by atoms with Gasteiger partial charge in [0, 0.05) is 26.6 Å². The van der Waals surface area contributed by atoms with Crippen molar-refractivity contribution in [3.05, 3.63) is 78.0 Å². The van der Waals surface area contributed by atoms with Crippen LogP contribution in [0.3, 0.4) is 0 Å². The molecule has 1 aromatic heterocycles. The molecule has 1 aliphatic rings. The molecule has 2 aromatic carbocycles. The lowest BCUT2D eigenvalue weighted by atomic mass is 9.96. The molecule has 2 heterocycles. The van der Waals surface area contributed by atoms with Gasteiger partial charge in [-0.2, -0.15) is 0 Å². The summed E-state index contributed by atoms with van der Waals surface area (Å²) < 4.78 is 0. The molecule has 13 nitrogen and oxygen atoms in total. The van der Waals surface area contributed by atoms with Crippen LogP contribution in [0.4, 0.5) is 11.5 Å². The fraction of sp³-hybridized carbons (Fsp3) is 0.344. The molecule has 0 unspecified atom stereocenters. The third-order valence-corrected chi connectivity index (χ3v) is 6.57. The Morgan fingerprint density at radius 2 is 1.51 bits per heavy atom. The zero-order valence-corrected chi connectivity index (χ0v) is 24.9. The number of carboxylic acids is 2. The van der Waals surface area contributed by atoms with Gasteiger partial charge in [0.05, 0.1) is 11.9 Å². The van der Waals surface area contributed by atoms with Gasteiger partial charge in [-0.15, -0.1) is 0 Å². The standard InChI is InChI=1S/C28H34N4O.C2H2O4.CH2O2.CH4.2H2O.H2/c1-3-32(4-2)27-16-14-25(20-29-27)30-28(33)23-13-15-26(22-11-7-5-8-12-22)24(19-23)21-31-17-9-6-10-18-31;3-1(4)2(5)6;2-1-3;;;;/h5,7-8,11-16,19-20H,3-4,6,9-10,17-18,21H2,1-2H3,(H,30,33);(H,3,4)(H,5,6);1H,(H,2,3);1H4;2*1H2;1H. The Morgan fingerprint density at radius 3 is 2.00 bits per heavy atom. The van der Waals surface area contributed by atoms with Crippen LogP contribution in [0.5, 0.6) is 0 Å². The number of carbonyl (C=O) groups excluding carboxylic acids is 1. The van der Waals surface area contributed by atoms with E-state index in [0.717, 1.165) is 38.5 Å². The molecule has 0 saturated carbocycles. The molecule has 45 heavy (non-hydrogen) atoms. The summed E-state index contributed by atoms with van der Waals surface area (Å²) in [6.07, 6.45) is 5.54. The van der Waals surface area contributed by atoms with E-state index < -0.39 is 11.9 Å². The quantitative estimate of drug-likeness (QED) is 0.207. The number of likely N-dealkylation sites (tertiary alicyclic amines) is 1. The first kappa shape index (κ1) is 42.3. The Kier molecular flexibility index (Phi) is 21.3. The van der Waals surface area contributed by atoms with Gasteiger partial charge >= 0.3 is 11.9 Å². The van der Waals surface area contributed by atoms with Crippen molar-refractivity contribution in [3.63, 3.8) is 0 Å².